The quantitative estimate of drug-likeness (QED) is 0.699. The summed E-state index contributed by atoms with van der Waals surface area (Å²) in [5, 5.41) is 0.105. The van der Waals surface area contributed by atoms with E-state index in [1.54, 1.807) is 13.3 Å². The third kappa shape index (κ3) is 2.59. The van der Waals surface area contributed by atoms with Crippen molar-refractivity contribution in [3.63, 3.8) is 0 Å². The fourth-order valence-corrected chi connectivity index (χ4v) is 1.21. The second kappa shape index (κ2) is 4.47. The van der Waals surface area contributed by atoms with Crippen LogP contribution in [0.1, 0.15) is 25.3 Å². The lowest BCUT2D eigenvalue weighted by Crippen LogP contribution is -2.05. The standard InChI is InChI=1S/C10H14ClNO/c1-7(8(2)11)9-4-10(13-3)6-12-5-9/h4-8H,1-3H3. The van der Waals surface area contributed by atoms with Gasteiger partial charge in [0.15, 0.2) is 0 Å². The molecule has 0 aliphatic heterocycles. The van der Waals surface area contributed by atoms with Crippen LogP contribution in [-0.4, -0.2) is 17.5 Å². The monoisotopic (exact) mass is 199 g/mol. The molecule has 0 N–H and O–H groups in total. The summed E-state index contributed by atoms with van der Waals surface area (Å²) in [6.45, 7) is 4.06. The molecule has 1 aromatic heterocycles. The third-order valence-corrected chi connectivity index (χ3v) is 2.56. The fraction of sp³-hybridized carbons (Fsp3) is 0.500. The molecule has 1 heterocycles. The highest BCUT2D eigenvalue weighted by atomic mass is 35.5. The first-order chi connectivity index (χ1) is 6.15. The summed E-state index contributed by atoms with van der Waals surface area (Å²) in [5.74, 6) is 1.07. The van der Waals surface area contributed by atoms with Crippen LogP contribution < -0.4 is 4.74 Å². The Morgan fingerprint density at radius 1 is 1.38 bits per heavy atom. The number of rotatable bonds is 3. The van der Waals surface area contributed by atoms with E-state index in [1.165, 1.54) is 0 Å². The number of pyridine rings is 1. The van der Waals surface area contributed by atoms with E-state index in [9.17, 15) is 0 Å². The van der Waals surface area contributed by atoms with Crippen LogP contribution in [0.5, 0.6) is 5.75 Å². The molecule has 2 atom stereocenters. The van der Waals surface area contributed by atoms with Crippen LogP contribution >= 0.6 is 11.6 Å². The summed E-state index contributed by atoms with van der Waals surface area (Å²) in [7, 11) is 1.63. The van der Waals surface area contributed by atoms with Crippen LogP contribution in [0.2, 0.25) is 0 Å². The molecule has 0 saturated carbocycles. The Hall–Kier alpha value is -0.760. The van der Waals surface area contributed by atoms with Crippen molar-refractivity contribution in [1.82, 2.24) is 4.98 Å². The zero-order chi connectivity index (χ0) is 9.84. The first-order valence-corrected chi connectivity index (χ1v) is 4.71. The molecule has 0 aliphatic rings. The molecule has 0 spiro atoms. The van der Waals surface area contributed by atoms with Gasteiger partial charge in [-0.15, -0.1) is 11.6 Å². The lowest BCUT2D eigenvalue weighted by atomic mass is 10.0. The molecular weight excluding hydrogens is 186 g/mol. The molecule has 2 nitrogen and oxygen atoms in total. The average molecular weight is 200 g/mol. The van der Waals surface area contributed by atoms with E-state index >= 15 is 0 Å². The average Bonchev–Trinajstić information content (AvgIpc) is 2.16. The van der Waals surface area contributed by atoms with Gasteiger partial charge in [0.2, 0.25) is 0 Å². The molecule has 0 aromatic carbocycles. The van der Waals surface area contributed by atoms with Crippen LogP contribution in [0.3, 0.4) is 0 Å². The SMILES string of the molecule is COc1cncc(C(C)C(C)Cl)c1. The molecular formula is C10H14ClNO. The number of hydrogen-bond donors (Lipinski definition) is 0. The first kappa shape index (κ1) is 10.3. The van der Waals surface area contributed by atoms with Gasteiger partial charge in [0.05, 0.1) is 13.3 Å². The van der Waals surface area contributed by atoms with E-state index in [4.69, 9.17) is 16.3 Å². The summed E-state index contributed by atoms with van der Waals surface area (Å²) in [6, 6.07) is 1.97. The van der Waals surface area contributed by atoms with Gasteiger partial charge in [0.25, 0.3) is 0 Å². The van der Waals surface area contributed by atoms with E-state index in [0.717, 1.165) is 11.3 Å². The lowest BCUT2D eigenvalue weighted by Gasteiger charge is -2.14. The third-order valence-electron chi connectivity index (χ3n) is 2.18. The largest absolute Gasteiger partial charge is 0.495 e. The van der Waals surface area contributed by atoms with Crippen LogP contribution in [-0.2, 0) is 0 Å². The van der Waals surface area contributed by atoms with Gasteiger partial charge in [-0.05, 0) is 24.5 Å². The van der Waals surface area contributed by atoms with Gasteiger partial charge in [-0.2, -0.15) is 0 Å². The van der Waals surface area contributed by atoms with Gasteiger partial charge < -0.3 is 4.74 Å². The second-order valence-electron chi connectivity index (χ2n) is 3.12. The molecule has 0 aliphatic carbocycles. The predicted molar refractivity (Wildman–Crippen MR) is 54.5 cm³/mol. The summed E-state index contributed by atoms with van der Waals surface area (Å²) in [6.07, 6.45) is 3.52. The van der Waals surface area contributed by atoms with Crippen molar-refractivity contribution >= 4 is 11.6 Å². The summed E-state index contributed by atoms with van der Waals surface area (Å²) < 4.78 is 5.08. The summed E-state index contributed by atoms with van der Waals surface area (Å²) in [4.78, 5) is 4.08. The van der Waals surface area contributed by atoms with Gasteiger partial charge in [0, 0.05) is 11.6 Å². The number of alkyl halides is 1. The Labute approximate surface area is 83.9 Å². The van der Waals surface area contributed by atoms with E-state index in [-0.39, 0.29) is 5.38 Å². The maximum absolute atomic E-state index is 5.99. The molecule has 1 rings (SSSR count). The minimum atomic E-state index is 0.105. The van der Waals surface area contributed by atoms with Gasteiger partial charge >= 0.3 is 0 Å². The Morgan fingerprint density at radius 3 is 2.62 bits per heavy atom. The Bertz CT molecular complexity index is 275. The fourth-order valence-electron chi connectivity index (χ4n) is 1.06. The number of hydrogen-bond acceptors (Lipinski definition) is 2. The predicted octanol–water partition coefficient (Wildman–Crippen LogP) is 2.82. The van der Waals surface area contributed by atoms with Crippen molar-refractivity contribution in [2.24, 2.45) is 0 Å². The van der Waals surface area contributed by atoms with E-state index < -0.39 is 0 Å². The highest BCUT2D eigenvalue weighted by Gasteiger charge is 2.12. The van der Waals surface area contributed by atoms with Gasteiger partial charge in [-0.25, -0.2) is 0 Å². The molecule has 0 bridgehead atoms. The smallest absolute Gasteiger partial charge is 0.137 e. The molecule has 0 radical (unpaired) electrons. The maximum Gasteiger partial charge on any atom is 0.137 e. The second-order valence-corrected chi connectivity index (χ2v) is 3.81. The zero-order valence-corrected chi connectivity index (χ0v) is 8.88. The summed E-state index contributed by atoms with van der Waals surface area (Å²) >= 11 is 5.99. The van der Waals surface area contributed by atoms with Crippen LogP contribution in [0.15, 0.2) is 18.5 Å². The Balaban J connectivity index is 2.88. The molecule has 3 heteroatoms. The molecule has 2 unspecified atom stereocenters. The minimum absolute atomic E-state index is 0.105. The highest BCUT2D eigenvalue weighted by Crippen LogP contribution is 2.24. The van der Waals surface area contributed by atoms with Crippen molar-refractivity contribution in [1.29, 1.82) is 0 Å². The molecule has 1 aromatic rings. The van der Waals surface area contributed by atoms with Crippen molar-refractivity contribution in [2.45, 2.75) is 25.1 Å². The van der Waals surface area contributed by atoms with Gasteiger partial charge in [0.1, 0.15) is 5.75 Å². The van der Waals surface area contributed by atoms with Gasteiger partial charge in [-0.1, -0.05) is 6.92 Å². The molecule has 0 fully saturated rings. The first-order valence-electron chi connectivity index (χ1n) is 4.28. The Kier molecular flexibility index (Phi) is 3.55. The van der Waals surface area contributed by atoms with Crippen molar-refractivity contribution in [2.75, 3.05) is 7.11 Å². The van der Waals surface area contributed by atoms with Gasteiger partial charge in [-0.3, -0.25) is 4.98 Å². The molecule has 0 amide bonds. The van der Waals surface area contributed by atoms with Crippen LogP contribution in [0.25, 0.3) is 0 Å². The zero-order valence-electron chi connectivity index (χ0n) is 8.12. The molecule has 0 saturated heterocycles. The minimum Gasteiger partial charge on any atom is -0.495 e. The van der Waals surface area contributed by atoms with Crippen LogP contribution in [0.4, 0.5) is 0 Å². The number of halogens is 1. The number of methoxy groups -OCH3 is 1. The van der Waals surface area contributed by atoms with Crippen molar-refractivity contribution in [3.05, 3.63) is 24.0 Å². The van der Waals surface area contributed by atoms with Crippen molar-refractivity contribution < 1.29 is 4.74 Å². The number of nitrogens with zero attached hydrogens (tertiary/aromatic N) is 1. The highest BCUT2D eigenvalue weighted by molar-refractivity contribution is 6.20. The molecule has 13 heavy (non-hydrogen) atoms. The maximum atomic E-state index is 5.99. The van der Waals surface area contributed by atoms with Crippen LogP contribution in [0, 0.1) is 0 Å². The topological polar surface area (TPSA) is 22.1 Å². The number of ether oxygens (including phenoxy) is 1. The summed E-state index contributed by atoms with van der Waals surface area (Å²) in [5.41, 5.74) is 1.11. The van der Waals surface area contributed by atoms with E-state index in [0.29, 0.717) is 5.92 Å². The molecule has 72 valence electrons. The normalized spacial score (nSPS) is 15.1. The van der Waals surface area contributed by atoms with E-state index in [2.05, 4.69) is 11.9 Å². The number of aromatic nitrogens is 1. The van der Waals surface area contributed by atoms with Crippen molar-refractivity contribution in [3.8, 4) is 5.75 Å². The lowest BCUT2D eigenvalue weighted by molar-refractivity contribution is 0.412. The van der Waals surface area contributed by atoms with E-state index in [1.807, 2.05) is 19.2 Å². The Morgan fingerprint density at radius 2 is 2.08 bits per heavy atom.